The van der Waals surface area contributed by atoms with Gasteiger partial charge in [-0.3, -0.25) is 0 Å². The normalized spacial score (nSPS) is 42.4. The van der Waals surface area contributed by atoms with Crippen LogP contribution < -0.4 is 11.5 Å². The molecule has 2 heteroatoms. The fourth-order valence-electron chi connectivity index (χ4n) is 5.84. The van der Waals surface area contributed by atoms with Crippen molar-refractivity contribution >= 4 is 0 Å². The lowest BCUT2D eigenvalue weighted by Gasteiger charge is -2.41. The van der Waals surface area contributed by atoms with E-state index in [1.807, 2.05) is 0 Å². The molecule has 1 aromatic rings. The Morgan fingerprint density at radius 1 is 0.720 bits per heavy atom. The summed E-state index contributed by atoms with van der Waals surface area (Å²) in [5, 5.41) is 0. The van der Waals surface area contributed by atoms with Gasteiger partial charge in [0.1, 0.15) is 0 Å². The van der Waals surface area contributed by atoms with Crippen LogP contribution in [-0.4, -0.2) is 12.1 Å². The third-order valence-corrected chi connectivity index (χ3v) is 7.46. The number of benzene rings is 1. The van der Waals surface area contributed by atoms with Gasteiger partial charge in [-0.25, -0.2) is 0 Å². The molecule has 2 nitrogen and oxygen atoms in total. The molecule has 4 atom stereocenters. The standard InChI is InChI=1S/C23H38N2/c1-13-7-6-8-20(18-9-14(2)22(24)15(3)10-18)21(13)19-11-16(4)23(25)17(5)12-19/h6-8,14-19,22-23H,9-12,24-25H2,1-5H3. The minimum Gasteiger partial charge on any atom is -0.327 e. The van der Waals surface area contributed by atoms with E-state index in [1.54, 1.807) is 11.1 Å². The monoisotopic (exact) mass is 342 g/mol. The highest BCUT2D eigenvalue weighted by Crippen LogP contribution is 2.46. The second-order valence-electron chi connectivity index (χ2n) is 9.48. The summed E-state index contributed by atoms with van der Waals surface area (Å²) in [6.45, 7) is 11.7. The summed E-state index contributed by atoms with van der Waals surface area (Å²) in [5.74, 6) is 3.78. The van der Waals surface area contributed by atoms with E-state index < -0.39 is 0 Å². The van der Waals surface area contributed by atoms with Crippen LogP contribution in [0.1, 0.15) is 81.9 Å². The molecule has 3 rings (SSSR count). The second kappa shape index (κ2) is 7.40. The predicted octanol–water partition coefficient (Wildman–Crippen LogP) is 4.95. The maximum absolute atomic E-state index is 6.42. The lowest BCUT2D eigenvalue weighted by molar-refractivity contribution is 0.213. The maximum Gasteiger partial charge on any atom is 0.00907 e. The van der Waals surface area contributed by atoms with Gasteiger partial charge in [-0.1, -0.05) is 45.9 Å². The van der Waals surface area contributed by atoms with Crippen molar-refractivity contribution in [2.75, 3.05) is 0 Å². The molecule has 0 saturated heterocycles. The van der Waals surface area contributed by atoms with Crippen molar-refractivity contribution in [2.45, 2.75) is 84.2 Å². The molecule has 1 aromatic carbocycles. The SMILES string of the molecule is Cc1cccc(C2CC(C)C(N)C(C)C2)c1C1CC(C)C(N)C(C)C1. The van der Waals surface area contributed by atoms with E-state index in [2.05, 4.69) is 52.8 Å². The third-order valence-electron chi connectivity index (χ3n) is 7.46. The van der Waals surface area contributed by atoms with Gasteiger partial charge in [0.25, 0.3) is 0 Å². The maximum atomic E-state index is 6.42. The number of hydrogen-bond donors (Lipinski definition) is 2. The highest BCUT2D eigenvalue weighted by atomic mass is 14.7. The van der Waals surface area contributed by atoms with Crippen LogP contribution in [0.3, 0.4) is 0 Å². The van der Waals surface area contributed by atoms with Crippen LogP contribution in [-0.2, 0) is 0 Å². The first kappa shape index (κ1) is 18.9. The number of aryl methyl sites for hydroxylation is 1. The molecule has 0 radical (unpaired) electrons. The molecule has 4 unspecified atom stereocenters. The zero-order valence-electron chi connectivity index (χ0n) is 16.8. The largest absolute Gasteiger partial charge is 0.327 e. The zero-order valence-corrected chi connectivity index (χ0v) is 16.8. The molecule has 0 heterocycles. The number of hydrogen-bond acceptors (Lipinski definition) is 2. The van der Waals surface area contributed by atoms with E-state index in [0.29, 0.717) is 47.6 Å². The Balaban J connectivity index is 1.93. The second-order valence-corrected chi connectivity index (χ2v) is 9.48. The fraction of sp³-hybridized carbons (Fsp3) is 0.739. The summed E-state index contributed by atoms with van der Waals surface area (Å²) >= 11 is 0. The van der Waals surface area contributed by atoms with Crippen molar-refractivity contribution < 1.29 is 0 Å². The average Bonchev–Trinajstić information content (AvgIpc) is 2.56. The van der Waals surface area contributed by atoms with Gasteiger partial charge in [-0.15, -0.1) is 0 Å². The van der Waals surface area contributed by atoms with Gasteiger partial charge in [0.15, 0.2) is 0 Å². The highest BCUT2D eigenvalue weighted by molar-refractivity contribution is 5.40. The van der Waals surface area contributed by atoms with Crippen LogP contribution in [0.15, 0.2) is 18.2 Å². The van der Waals surface area contributed by atoms with E-state index in [-0.39, 0.29) is 0 Å². The molecule has 2 saturated carbocycles. The van der Waals surface area contributed by atoms with E-state index in [0.717, 1.165) is 0 Å². The van der Waals surface area contributed by atoms with Crippen LogP contribution in [0.4, 0.5) is 0 Å². The topological polar surface area (TPSA) is 52.0 Å². The van der Waals surface area contributed by atoms with Gasteiger partial charge in [0.05, 0.1) is 0 Å². The molecule has 2 fully saturated rings. The Morgan fingerprint density at radius 2 is 1.16 bits per heavy atom. The van der Waals surface area contributed by atoms with Crippen molar-refractivity contribution in [3.63, 3.8) is 0 Å². The molecule has 25 heavy (non-hydrogen) atoms. The Kier molecular flexibility index (Phi) is 5.60. The van der Waals surface area contributed by atoms with Crippen LogP contribution in [0.25, 0.3) is 0 Å². The van der Waals surface area contributed by atoms with Gasteiger partial charge in [-0.05, 0) is 84.8 Å². The summed E-state index contributed by atoms with van der Waals surface area (Å²) in [6, 6.07) is 7.70. The van der Waals surface area contributed by atoms with Crippen molar-refractivity contribution in [3.05, 3.63) is 34.9 Å². The molecule has 4 N–H and O–H groups in total. The van der Waals surface area contributed by atoms with Crippen LogP contribution >= 0.6 is 0 Å². The average molecular weight is 343 g/mol. The summed E-state index contributed by atoms with van der Waals surface area (Å²) < 4.78 is 0. The van der Waals surface area contributed by atoms with Crippen molar-refractivity contribution in [3.8, 4) is 0 Å². The minimum absolute atomic E-state index is 0.358. The van der Waals surface area contributed by atoms with Crippen LogP contribution in [0.5, 0.6) is 0 Å². The molecular weight excluding hydrogens is 304 g/mol. The molecule has 2 aliphatic carbocycles. The molecule has 140 valence electrons. The first-order chi connectivity index (χ1) is 11.8. The summed E-state index contributed by atoms with van der Waals surface area (Å²) in [5.41, 5.74) is 17.6. The van der Waals surface area contributed by atoms with E-state index in [1.165, 1.54) is 31.2 Å². The van der Waals surface area contributed by atoms with E-state index in [4.69, 9.17) is 11.5 Å². The van der Waals surface area contributed by atoms with Gasteiger partial charge in [0, 0.05) is 12.1 Å². The quantitative estimate of drug-likeness (QED) is 0.799. The Labute approximate surface area is 154 Å². The lowest BCUT2D eigenvalue weighted by atomic mass is 9.66. The lowest BCUT2D eigenvalue weighted by Crippen LogP contribution is -2.41. The first-order valence-corrected chi connectivity index (χ1v) is 10.4. The number of nitrogens with two attached hydrogens (primary N) is 2. The number of rotatable bonds is 2. The van der Waals surface area contributed by atoms with E-state index in [9.17, 15) is 0 Å². The van der Waals surface area contributed by atoms with Crippen LogP contribution in [0.2, 0.25) is 0 Å². The van der Waals surface area contributed by atoms with Gasteiger partial charge in [-0.2, -0.15) is 0 Å². The fourth-order valence-corrected chi connectivity index (χ4v) is 5.84. The smallest absolute Gasteiger partial charge is 0.00907 e. The zero-order chi connectivity index (χ0) is 18.3. The summed E-state index contributed by atoms with van der Waals surface area (Å²) in [6.07, 6.45) is 4.94. The van der Waals surface area contributed by atoms with Gasteiger partial charge in [0.2, 0.25) is 0 Å². The Morgan fingerprint density at radius 3 is 1.64 bits per heavy atom. The molecule has 0 spiro atoms. The Bertz CT molecular complexity index is 572. The van der Waals surface area contributed by atoms with Gasteiger partial charge < -0.3 is 11.5 Å². The molecule has 0 aliphatic heterocycles. The summed E-state index contributed by atoms with van der Waals surface area (Å²) in [4.78, 5) is 0. The molecule has 2 aliphatic rings. The van der Waals surface area contributed by atoms with Crippen molar-refractivity contribution in [2.24, 2.45) is 35.1 Å². The summed E-state index contributed by atoms with van der Waals surface area (Å²) in [7, 11) is 0. The Hall–Kier alpha value is -0.860. The van der Waals surface area contributed by atoms with Crippen molar-refractivity contribution in [1.29, 1.82) is 0 Å². The molecular formula is C23H38N2. The minimum atomic E-state index is 0.358. The highest BCUT2D eigenvalue weighted by Gasteiger charge is 2.36. The third kappa shape index (κ3) is 3.66. The van der Waals surface area contributed by atoms with Crippen molar-refractivity contribution in [1.82, 2.24) is 0 Å². The molecule has 0 aromatic heterocycles. The predicted molar refractivity (Wildman–Crippen MR) is 108 cm³/mol. The van der Waals surface area contributed by atoms with Crippen LogP contribution in [0, 0.1) is 30.6 Å². The van der Waals surface area contributed by atoms with E-state index >= 15 is 0 Å². The molecule has 0 amide bonds. The molecule has 0 bridgehead atoms. The van der Waals surface area contributed by atoms with Gasteiger partial charge >= 0.3 is 0 Å². The first-order valence-electron chi connectivity index (χ1n) is 10.4.